The molecule has 0 N–H and O–H groups in total. The van der Waals surface area contributed by atoms with E-state index in [1.54, 1.807) is 6.07 Å². The average Bonchev–Trinajstić information content (AvgIpc) is 3.37. The summed E-state index contributed by atoms with van der Waals surface area (Å²) < 4.78 is 39.8. The lowest BCUT2D eigenvalue weighted by molar-refractivity contribution is -0.121. The van der Waals surface area contributed by atoms with E-state index in [-0.39, 0.29) is 35.9 Å². The predicted molar refractivity (Wildman–Crippen MR) is 123 cm³/mol. The first-order valence-corrected chi connectivity index (χ1v) is 12.9. The minimum Gasteiger partial charge on any atom is -0.482 e. The first-order valence-electron chi connectivity index (χ1n) is 11.4. The number of benzene rings is 2. The fourth-order valence-corrected chi connectivity index (χ4v) is 6.54. The number of amides is 1. The van der Waals surface area contributed by atoms with Crippen LogP contribution in [0, 0.1) is 0 Å². The number of carbonyl (C=O) groups is 1. The first kappa shape index (κ1) is 21.2. The average molecular weight is 481 g/mol. The Balaban J connectivity index is 1.34. The zero-order chi connectivity index (χ0) is 23.4. The number of para-hydroxylation sites is 1. The summed E-state index contributed by atoms with van der Waals surface area (Å²) in [7, 11) is -3.86. The molecule has 3 aliphatic rings. The minimum absolute atomic E-state index is 0.0812. The molecule has 0 bridgehead atoms. The molecule has 0 radical (unpaired) electrons. The topological polar surface area (TPSA) is 106 Å². The molecule has 9 nitrogen and oxygen atoms in total. The van der Waals surface area contributed by atoms with Gasteiger partial charge in [-0.2, -0.15) is 4.98 Å². The number of nitrogens with zero attached hydrogens (tertiary/aromatic N) is 4. The van der Waals surface area contributed by atoms with Gasteiger partial charge in [0.1, 0.15) is 5.75 Å². The molecule has 1 saturated carbocycles. The Morgan fingerprint density at radius 1 is 1.12 bits per heavy atom. The van der Waals surface area contributed by atoms with Gasteiger partial charge in [-0.15, -0.1) is 0 Å². The van der Waals surface area contributed by atoms with Crippen LogP contribution < -0.4 is 13.9 Å². The van der Waals surface area contributed by atoms with Crippen molar-refractivity contribution in [3.8, 4) is 5.75 Å². The van der Waals surface area contributed by atoms with Gasteiger partial charge in [0.15, 0.2) is 12.4 Å². The molecule has 3 aromatic rings. The van der Waals surface area contributed by atoms with Crippen LogP contribution in [0.1, 0.15) is 49.4 Å². The van der Waals surface area contributed by atoms with Crippen molar-refractivity contribution in [2.45, 2.75) is 56.0 Å². The second-order valence-corrected chi connectivity index (χ2v) is 10.9. The molecular formula is C24H24N4O5S. The summed E-state index contributed by atoms with van der Waals surface area (Å²) in [5.74, 6) is 1.42. The lowest BCUT2D eigenvalue weighted by atomic mass is 9.85. The lowest BCUT2D eigenvalue weighted by Gasteiger charge is -2.30. The molecule has 0 saturated heterocycles. The van der Waals surface area contributed by atoms with Crippen molar-refractivity contribution >= 4 is 27.3 Å². The summed E-state index contributed by atoms with van der Waals surface area (Å²) >= 11 is 0. The van der Waals surface area contributed by atoms with Gasteiger partial charge >= 0.3 is 0 Å². The van der Waals surface area contributed by atoms with Gasteiger partial charge < -0.3 is 9.26 Å². The molecular weight excluding hydrogens is 456 g/mol. The molecule has 1 amide bonds. The predicted octanol–water partition coefficient (Wildman–Crippen LogP) is 3.40. The molecule has 0 spiro atoms. The number of rotatable bonds is 5. The van der Waals surface area contributed by atoms with E-state index in [9.17, 15) is 13.2 Å². The van der Waals surface area contributed by atoms with Gasteiger partial charge in [-0.05, 0) is 56.0 Å². The molecule has 34 heavy (non-hydrogen) atoms. The van der Waals surface area contributed by atoms with Crippen molar-refractivity contribution in [1.29, 1.82) is 0 Å². The van der Waals surface area contributed by atoms with Gasteiger partial charge in [-0.25, -0.2) is 8.42 Å². The summed E-state index contributed by atoms with van der Waals surface area (Å²) in [5, 5.41) is 4.04. The molecule has 2 aliphatic heterocycles. The van der Waals surface area contributed by atoms with Crippen molar-refractivity contribution in [2.75, 3.05) is 15.8 Å². The molecule has 1 aliphatic carbocycles. The van der Waals surface area contributed by atoms with Crippen LogP contribution in [0.4, 0.5) is 11.4 Å². The highest BCUT2D eigenvalue weighted by molar-refractivity contribution is 7.92. The standard InChI is InChI=1S/C24H24N4O5S/c1-15-11-17-5-2-3-8-19(17)28(15)34(30,31)18-9-10-21-20(12-18)27(23(29)14-32-21)13-22-25-24(33-26-22)16-6-4-7-16/h2-3,5,8-10,12,15-16H,4,6-7,11,13-14H2,1H3/t15-/m1/s1. The number of fused-ring (bicyclic) bond motifs is 2. The smallest absolute Gasteiger partial charge is 0.265 e. The van der Waals surface area contributed by atoms with Crippen LogP contribution in [0.15, 0.2) is 51.9 Å². The Bertz CT molecular complexity index is 1380. The number of sulfonamides is 1. The molecule has 6 rings (SSSR count). The van der Waals surface area contributed by atoms with Crippen LogP contribution in [0.3, 0.4) is 0 Å². The molecule has 176 valence electrons. The molecule has 0 unspecified atom stereocenters. The second kappa shape index (κ2) is 7.83. The van der Waals surface area contributed by atoms with Gasteiger partial charge in [-0.1, -0.05) is 29.8 Å². The van der Waals surface area contributed by atoms with Crippen molar-refractivity contribution in [3.05, 3.63) is 59.7 Å². The van der Waals surface area contributed by atoms with Gasteiger partial charge in [-0.3, -0.25) is 14.0 Å². The number of carbonyl (C=O) groups excluding carboxylic acids is 1. The van der Waals surface area contributed by atoms with Crippen molar-refractivity contribution in [2.24, 2.45) is 0 Å². The highest BCUT2D eigenvalue weighted by Crippen LogP contribution is 2.40. The van der Waals surface area contributed by atoms with Gasteiger partial charge in [0.05, 0.1) is 22.8 Å². The van der Waals surface area contributed by atoms with Gasteiger partial charge in [0, 0.05) is 12.0 Å². The summed E-state index contributed by atoms with van der Waals surface area (Å²) in [4.78, 5) is 18.8. The number of hydrogen-bond donors (Lipinski definition) is 0. The highest BCUT2D eigenvalue weighted by atomic mass is 32.2. The maximum atomic E-state index is 13.7. The van der Waals surface area contributed by atoms with Crippen molar-refractivity contribution < 1.29 is 22.5 Å². The van der Waals surface area contributed by atoms with E-state index < -0.39 is 10.0 Å². The molecule has 3 heterocycles. The van der Waals surface area contributed by atoms with E-state index in [2.05, 4.69) is 10.1 Å². The SMILES string of the molecule is C[C@@H]1Cc2ccccc2N1S(=O)(=O)c1ccc2c(c1)N(Cc1noc(C3CCC3)n1)C(=O)CO2. The van der Waals surface area contributed by atoms with E-state index in [1.807, 2.05) is 31.2 Å². The number of aromatic nitrogens is 2. The normalized spacial score (nSPS) is 20.0. The molecule has 1 fully saturated rings. The Kier molecular flexibility index (Phi) is 4.87. The largest absolute Gasteiger partial charge is 0.482 e. The molecule has 2 aromatic carbocycles. The van der Waals surface area contributed by atoms with Crippen LogP contribution in [-0.4, -0.2) is 37.1 Å². The monoisotopic (exact) mass is 480 g/mol. The quantitative estimate of drug-likeness (QED) is 0.551. The number of ether oxygens (including phenoxy) is 1. The zero-order valence-electron chi connectivity index (χ0n) is 18.7. The van der Waals surface area contributed by atoms with E-state index in [1.165, 1.54) is 21.3 Å². The lowest BCUT2D eigenvalue weighted by Crippen LogP contribution is -2.39. The third-order valence-corrected chi connectivity index (χ3v) is 8.74. The molecule has 1 aromatic heterocycles. The highest BCUT2D eigenvalue weighted by Gasteiger charge is 2.37. The van der Waals surface area contributed by atoms with Crippen LogP contribution in [0.2, 0.25) is 0 Å². The maximum absolute atomic E-state index is 13.7. The zero-order valence-corrected chi connectivity index (χ0v) is 19.5. The second-order valence-electron chi connectivity index (χ2n) is 9.06. The van der Waals surface area contributed by atoms with E-state index in [4.69, 9.17) is 9.26 Å². The van der Waals surface area contributed by atoms with Crippen molar-refractivity contribution in [3.63, 3.8) is 0 Å². The molecule has 1 atom stereocenters. The summed E-state index contributed by atoms with van der Waals surface area (Å²) in [5.41, 5.74) is 2.07. The van der Waals surface area contributed by atoms with E-state index >= 15 is 0 Å². The van der Waals surface area contributed by atoms with Crippen LogP contribution >= 0.6 is 0 Å². The molecule has 10 heteroatoms. The Morgan fingerprint density at radius 3 is 2.74 bits per heavy atom. The number of hydrogen-bond acceptors (Lipinski definition) is 7. The van der Waals surface area contributed by atoms with E-state index in [0.29, 0.717) is 35.3 Å². The first-order chi connectivity index (χ1) is 16.4. The third-order valence-electron chi connectivity index (χ3n) is 6.81. The van der Waals surface area contributed by atoms with Crippen LogP contribution in [0.25, 0.3) is 0 Å². The minimum atomic E-state index is -3.86. The Labute approximate surface area is 197 Å². The van der Waals surface area contributed by atoms with Gasteiger partial charge in [0.2, 0.25) is 5.89 Å². The fraction of sp³-hybridized carbons (Fsp3) is 0.375. The van der Waals surface area contributed by atoms with E-state index in [0.717, 1.165) is 24.8 Å². The Morgan fingerprint density at radius 2 is 1.94 bits per heavy atom. The summed E-state index contributed by atoms with van der Waals surface area (Å²) in [6, 6.07) is 11.9. The maximum Gasteiger partial charge on any atom is 0.265 e. The number of anilines is 2. The Hall–Kier alpha value is -3.40. The summed E-state index contributed by atoms with van der Waals surface area (Å²) in [6.07, 6.45) is 3.85. The van der Waals surface area contributed by atoms with Crippen LogP contribution in [-0.2, 0) is 27.8 Å². The fourth-order valence-electron chi connectivity index (χ4n) is 4.83. The summed E-state index contributed by atoms with van der Waals surface area (Å²) in [6.45, 7) is 1.84. The van der Waals surface area contributed by atoms with Crippen molar-refractivity contribution in [1.82, 2.24) is 10.1 Å². The third kappa shape index (κ3) is 3.35. The van der Waals surface area contributed by atoms with Crippen LogP contribution in [0.5, 0.6) is 5.75 Å². The van der Waals surface area contributed by atoms with Gasteiger partial charge in [0.25, 0.3) is 15.9 Å².